The molecular formula is C15H19N3O3S. The Labute approximate surface area is 133 Å². The van der Waals surface area contributed by atoms with E-state index in [1.807, 2.05) is 36.4 Å². The van der Waals surface area contributed by atoms with Crippen LogP contribution in [0.4, 0.5) is 4.79 Å². The molecule has 2 aromatic rings. The van der Waals surface area contributed by atoms with Crippen LogP contribution in [0.3, 0.4) is 0 Å². The van der Waals surface area contributed by atoms with Crippen LogP contribution in [-0.4, -0.2) is 30.4 Å². The van der Waals surface area contributed by atoms with Crippen molar-refractivity contribution in [2.45, 2.75) is 19.5 Å². The van der Waals surface area contributed by atoms with E-state index < -0.39 is 6.03 Å². The molecule has 3 amide bonds. The number of carbonyl (C=O) groups excluding carboxylic acids is 2. The van der Waals surface area contributed by atoms with Crippen molar-refractivity contribution in [1.29, 1.82) is 0 Å². The van der Waals surface area contributed by atoms with Gasteiger partial charge in [0.1, 0.15) is 5.76 Å². The number of hydrogen-bond acceptors (Lipinski definition) is 5. The lowest BCUT2D eigenvalue weighted by molar-refractivity contribution is -0.121. The molecular weight excluding hydrogens is 302 g/mol. The fourth-order valence-electron chi connectivity index (χ4n) is 1.90. The van der Waals surface area contributed by atoms with E-state index in [1.54, 1.807) is 23.5 Å². The van der Waals surface area contributed by atoms with Crippen LogP contribution in [0.5, 0.6) is 0 Å². The van der Waals surface area contributed by atoms with Crippen molar-refractivity contribution in [1.82, 2.24) is 15.5 Å². The van der Waals surface area contributed by atoms with Gasteiger partial charge in [0, 0.05) is 10.9 Å². The molecule has 2 rings (SSSR count). The number of nitrogens with zero attached hydrogens (tertiary/aromatic N) is 1. The lowest BCUT2D eigenvalue weighted by Crippen LogP contribution is -2.43. The molecule has 0 spiro atoms. The number of imide groups is 1. The van der Waals surface area contributed by atoms with Crippen molar-refractivity contribution in [2.24, 2.45) is 0 Å². The Bertz CT molecular complexity index is 596. The average Bonchev–Trinajstić information content (AvgIpc) is 3.17. The van der Waals surface area contributed by atoms with Crippen molar-refractivity contribution in [3.05, 3.63) is 46.5 Å². The summed E-state index contributed by atoms with van der Waals surface area (Å²) in [6.45, 7) is 2.41. The first kappa shape index (κ1) is 16.3. The second-order valence-electron chi connectivity index (χ2n) is 4.92. The molecule has 0 bridgehead atoms. The highest BCUT2D eigenvalue weighted by molar-refractivity contribution is 7.10. The number of amides is 3. The van der Waals surface area contributed by atoms with Crippen LogP contribution >= 0.6 is 11.3 Å². The van der Waals surface area contributed by atoms with Crippen LogP contribution in [-0.2, 0) is 11.3 Å². The molecule has 2 N–H and O–H groups in total. The van der Waals surface area contributed by atoms with Crippen LogP contribution < -0.4 is 10.6 Å². The number of thiophene rings is 1. The third-order valence-corrected chi connectivity index (χ3v) is 4.31. The maximum atomic E-state index is 11.9. The molecule has 0 aromatic carbocycles. The van der Waals surface area contributed by atoms with Gasteiger partial charge in [0.05, 0.1) is 19.4 Å². The third-order valence-electron chi connectivity index (χ3n) is 3.27. The summed E-state index contributed by atoms with van der Waals surface area (Å²) in [7, 11) is 1.85. The standard InChI is InChI=1S/C15H19N3O3S/c1-11(13-6-4-8-22-13)18(2)10-14(19)17-15(20)16-9-12-5-3-7-21-12/h3-8,11H,9-10H2,1-2H3,(H2,16,17,19,20). The number of hydrogen-bond donors (Lipinski definition) is 2. The first-order valence-electron chi connectivity index (χ1n) is 6.90. The Balaban J connectivity index is 1.73. The quantitative estimate of drug-likeness (QED) is 0.856. The molecule has 1 atom stereocenters. The van der Waals surface area contributed by atoms with E-state index in [0.29, 0.717) is 5.76 Å². The van der Waals surface area contributed by atoms with Crippen LogP contribution in [0, 0.1) is 0 Å². The predicted molar refractivity (Wildman–Crippen MR) is 84.5 cm³/mol. The summed E-state index contributed by atoms with van der Waals surface area (Å²) in [6, 6.07) is 7.09. The highest BCUT2D eigenvalue weighted by Gasteiger charge is 2.17. The fourth-order valence-corrected chi connectivity index (χ4v) is 2.75. The Kier molecular flexibility index (Phi) is 5.74. The number of rotatable bonds is 6. The Hall–Kier alpha value is -2.12. The SMILES string of the molecule is CC(c1cccs1)N(C)CC(=O)NC(=O)NCc1ccco1. The van der Waals surface area contributed by atoms with E-state index in [4.69, 9.17) is 4.42 Å². The first-order chi connectivity index (χ1) is 10.6. The monoisotopic (exact) mass is 321 g/mol. The summed E-state index contributed by atoms with van der Waals surface area (Å²) in [5.74, 6) is 0.286. The zero-order valence-electron chi connectivity index (χ0n) is 12.5. The van der Waals surface area contributed by atoms with Gasteiger partial charge in [0.2, 0.25) is 5.91 Å². The molecule has 0 aliphatic heterocycles. The van der Waals surface area contributed by atoms with Gasteiger partial charge in [-0.25, -0.2) is 4.79 Å². The van der Waals surface area contributed by atoms with Crippen LogP contribution in [0.15, 0.2) is 40.3 Å². The van der Waals surface area contributed by atoms with Gasteiger partial charge in [-0.05, 0) is 37.6 Å². The zero-order chi connectivity index (χ0) is 15.9. The molecule has 0 saturated heterocycles. The lowest BCUT2D eigenvalue weighted by atomic mass is 10.2. The largest absolute Gasteiger partial charge is 0.467 e. The molecule has 22 heavy (non-hydrogen) atoms. The van der Waals surface area contributed by atoms with Gasteiger partial charge in [0.15, 0.2) is 0 Å². The minimum absolute atomic E-state index is 0.122. The number of nitrogens with one attached hydrogen (secondary N) is 2. The molecule has 0 aliphatic rings. The normalized spacial score (nSPS) is 12.1. The van der Waals surface area contributed by atoms with Crippen molar-refractivity contribution in [2.75, 3.05) is 13.6 Å². The van der Waals surface area contributed by atoms with Gasteiger partial charge in [0.25, 0.3) is 0 Å². The maximum absolute atomic E-state index is 11.9. The van der Waals surface area contributed by atoms with Crippen molar-refractivity contribution in [3.63, 3.8) is 0 Å². The van der Waals surface area contributed by atoms with Gasteiger partial charge >= 0.3 is 6.03 Å². The summed E-state index contributed by atoms with van der Waals surface area (Å²) in [5.41, 5.74) is 0. The predicted octanol–water partition coefficient (Wildman–Crippen LogP) is 2.36. The number of furan rings is 1. The van der Waals surface area contributed by atoms with E-state index in [1.165, 1.54) is 11.1 Å². The van der Waals surface area contributed by atoms with Crippen LogP contribution in [0.25, 0.3) is 0 Å². The average molecular weight is 321 g/mol. The molecule has 0 fully saturated rings. The summed E-state index contributed by atoms with van der Waals surface area (Å²) in [6.07, 6.45) is 1.53. The van der Waals surface area contributed by atoms with Gasteiger partial charge in [-0.2, -0.15) is 0 Å². The molecule has 2 heterocycles. The molecule has 0 radical (unpaired) electrons. The minimum atomic E-state index is -0.529. The summed E-state index contributed by atoms with van der Waals surface area (Å²) < 4.78 is 5.09. The molecule has 1 unspecified atom stereocenters. The van der Waals surface area contributed by atoms with Gasteiger partial charge in [-0.3, -0.25) is 15.0 Å². The maximum Gasteiger partial charge on any atom is 0.321 e. The molecule has 7 heteroatoms. The van der Waals surface area contributed by atoms with Crippen LogP contribution in [0.1, 0.15) is 23.6 Å². The van der Waals surface area contributed by atoms with Crippen LogP contribution in [0.2, 0.25) is 0 Å². The topological polar surface area (TPSA) is 74.6 Å². The summed E-state index contributed by atoms with van der Waals surface area (Å²) >= 11 is 1.64. The smallest absolute Gasteiger partial charge is 0.321 e. The molecule has 0 saturated carbocycles. The fraction of sp³-hybridized carbons (Fsp3) is 0.333. The zero-order valence-corrected chi connectivity index (χ0v) is 13.4. The van der Waals surface area contributed by atoms with Gasteiger partial charge in [-0.1, -0.05) is 6.07 Å². The highest BCUT2D eigenvalue weighted by Crippen LogP contribution is 2.22. The van der Waals surface area contributed by atoms with E-state index in [2.05, 4.69) is 10.6 Å². The Morgan fingerprint density at radius 1 is 1.36 bits per heavy atom. The van der Waals surface area contributed by atoms with Crippen molar-refractivity contribution < 1.29 is 14.0 Å². The number of likely N-dealkylation sites (N-methyl/N-ethyl adjacent to an activating group) is 1. The Morgan fingerprint density at radius 3 is 2.82 bits per heavy atom. The highest BCUT2D eigenvalue weighted by atomic mass is 32.1. The summed E-state index contributed by atoms with van der Waals surface area (Å²) in [5, 5.41) is 6.87. The first-order valence-corrected chi connectivity index (χ1v) is 7.78. The van der Waals surface area contributed by atoms with Crippen molar-refractivity contribution in [3.8, 4) is 0 Å². The van der Waals surface area contributed by atoms with Crippen molar-refractivity contribution >= 4 is 23.3 Å². The van der Waals surface area contributed by atoms with Gasteiger partial charge < -0.3 is 9.73 Å². The Morgan fingerprint density at radius 2 is 2.18 bits per heavy atom. The number of urea groups is 1. The molecule has 118 valence electrons. The third kappa shape index (κ3) is 4.71. The van der Waals surface area contributed by atoms with E-state index in [-0.39, 0.29) is 25.0 Å². The number of carbonyl (C=O) groups is 2. The molecule has 2 aromatic heterocycles. The van der Waals surface area contributed by atoms with E-state index >= 15 is 0 Å². The minimum Gasteiger partial charge on any atom is -0.467 e. The van der Waals surface area contributed by atoms with Gasteiger partial charge in [-0.15, -0.1) is 11.3 Å². The molecule has 0 aliphatic carbocycles. The lowest BCUT2D eigenvalue weighted by Gasteiger charge is -2.22. The summed E-state index contributed by atoms with van der Waals surface area (Å²) in [4.78, 5) is 26.6. The second kappa shape index (κ2) is 7.77. The van der Waals surface area contributed by atoms with E-state index in [9.17, 15) is 9.59 Å². The van der Waals surface area contributed by atoms with E-state index in [0.717, 1.165) is 0 Å². The second-order valence-corrected chi connectivity index (χ2v) is 5.90. The molecule has 6 nitrogen and oxygen atoms in total.